The first-order valence-electron chi connectivity index (χ1n) is 8.37. The molecule has 0 saturated heterocycles. The van der Waals surface area contributed by atoms with Crippen LogP contribution in [0.1, 0.15) is 48.6 Å². The smallest absolute Gasteiger partial charge is 0.147 e. The van der Waals surface area contributed by atoms with Crippen LogP contribution in [-0.2, 0) is 0 Å². The van der Waals surface area contributed by atoms with Gasteiger partial charge >= 0.3 is 0 Å². The molecule has 0 aromatic heterocycles. The predicted molar refractivity (Wildman–Crippen MR) is 99.4 cm³/mol. The highest BCUT2D eigenvalue weighted by Crippen LogP contribution is 2.44. The van der Waals surface area contributed by atoms with Crippen LogP contribution in [0.25, 0.3) is 6.08 Å². The summed E-state index contributed by atoms with van der Waals surface area (Å²) in [6.45, 7) is 6.75. The Kier molecular flexibility index (Phi) is 4.35. The van der Waals surface area contributed by atoms with Crippen molar-refractivity contribution >= 4 is 17.7 Å². The molecule has 0 saturated carbocycles. The summed E-state index contributed by atoms with van der Waals surface area (Å²) in [6.07, 6.45) is 5.75. The summed E-state index contributed by atoms with van der Waals surface area (Å²) in [7, 11) is 2.32. The van der Waals surface area contributed by atoms with Gasteiger partial charge in [0.15, 0.2) is 0 Å². The molecule has 1 nitrogen and oxygen atoms in total. The summed E-state index contributed by atoms with van der Waals surface area (Å²) in [5.41, 5.74) is 5.20. The Hall–Kier alpha value is -1.57. The zero-order valence-electron chi connectivity index (χ0n) is 14.4. The van der Waals surface area contributed by atoms with Gasteiger partial charge < -0.3 is 0 Å². The van der Waals surface area contributed by atoms with Gasteiger partial charge in [0, 0.05) is 11.1 Å². The lowest BCUT2D eigenvalue weighted by atomic mass is 9.86. The molecule has 1 aliphatic heterocycles. The van der Waals surface area contributed by atoms with E-state index in [1.807, 2.05) is 12.1 Å². The summed E-state index contributed by atoms with van der Waals surface area (Å²) >= 11 is 6.60. The molecular weight excluding hydrogens is 302 g/mol. The van der Waals surface area contributed by atoms with Crippen LogP contribution in [0.2, 0.25) is 5.02 Å². The average molecular weight is 327 g/mol. The van der Waals surface area contributed by atoms with Crippen LogP contribution in [0.3, 0.4) is 0 Å². The molecule has 0 aliphatic carbocycles. The first-order chi connectivity index (χ1) is 11.0. The van der Waals surface area contributed by atoms with Crippen LogP contribution in [-0.4, -0.2) is 17.6 Å². The molecule has 0 spiro atoms. The first-order valence-corrected chi connectivity index (χ1v) is 8.75. The van der Waals surface area contributed by atoms with Gasteiger partial charge in [-0.1, -0.05) is 54.4 Å². The summed E-state index contributed by atoms with van der Waals surface area (Å²) < 4.78 is 0.858. The summed E-state index contributed by atoms with van der Waals surface area (Å²) in [5, 5.41) is 0.855. The van der Waals surface area contributed by atoms with Crippen molar-refractivity contribution in [2.75, 3.05) is 7.05 Å². The molecule has 2 aromatic rings. The summed E-state index contributed by atoms with van der Waals surface area (Å²) in [5.74, 6) is 0. The second-order valence-corrected chi connectivity index (χ2v) is 7.26. The Balaban J connectivity index is 2.27. The monoisotopic (exact) mass is 326 g/mol. The zero-order chi connectivity index (χ0) is 16.6. The minimum absolute atomic E-state index is 0.235. The number of rotatable bonds is 3. The number of hydrogen-bond donors (Lipinski definition) is 0. The molecule has 0 N–H and O–H groups in total. The van der Waals surface area contributed by atoms with Crippen molar-refractivity contribution in [1.29, 1.82) is 0 Å². The lowest BCUT2D eigenvalue weighted by Crippen LogP contribution is -2.50. The van der Waals surface area contributed by atoms with E-state index in [0.717, 1.165) is 15.9 Å². The molecule has 0 amide bonds. The largest absolute Gasteiger partial charge is 0.287 e. The molecule has 3 unspecified atom stereocenters. The highest BCUT2D eigenvalue weighted by Gasteiger charge is 2.41. The normalized spacial score (nSPS) is 24.3. The minimum Gasteiger partial charge on any atom is -0.287 e. The van der Waals surface area contributed by atoms with E-state index in [-0.39, 0.29) is 6.04 Å². The van der Waals surface area contributed by atoms with E-state index in [2.05, 4.69) is 70.4 Å². The average Bonchev–Trinajstić information content (AvgIpc) is 2.55. The molecule has 1 heterocycles. The molecule has 0 fully saturated rings. The molecule has 0 bridgehead atoms. The van der Waals surface area contributed by atoms with Gasteiger partial charge in [-0.15, -0.1) is 0 Å². The van der Waals surface area contributed by atoms with Crippen molar-refractivity contribution in [2.24, 2.45) is 0 Å². The lowest BCUT2D eigenvalue weighted by molar-refractivity contribution is -0.908. The number of halogens is 1. The summed E-state index contributed by atoms with van der Waals surface area (Å²) in [4.78, 5) is 0. The first kappa shape index (κ1) is 16.3. The fourth-order valence-electron chi connectivity index (χ4n) is 3.67. The van der Waals surface area contributed by atoms with E-state index in [0.29, 0.717) is 6.04 Å². The highest BCUT2D eigenvalue weighted by atomic mass is 35.5. The number of hydrogen-bond acceptors (Lipinski definition) is 0. The Bertz CT molecular complexity index is 749. The Morgan fingerprint density at radius 3 is 2.57 bits per heavy atom. The van der Waals surface area contributed by atoms with Crippen molar-refractivity contribution in [3.8, 4) is 0 Å². The van der Waals surface area contributed by atoms with Crippen LogP contribution >= 0.6 is 11.6 Å². The van der Waals surface area contributed by atoms with Gasteiger partial charge in [0.25, 0.3) is 0 Å². The van der Waals surface area contributed by atoms with Crippen LogP contribution < -0.4 is 0 Å². The van der Waals surface area contributed by atoms with Crippen LogP contribution in [0.5, 0.6) is 0 Å². The molecule has 2 heteroatoms. The fraction of sp³-hybridized carbons (Fsp3) is 0.333. The molecule has 2 aromatic carbocycles. The minimum atomic E-state index is 0.235. The maximum atomic E-state index is 6.60. The van der Waals surface area contributed by atoms with Gasteiger partial charge in [0.1, 0.15) is 6.04 Å². The predicted octanol–water partition coefficient (Wildman–Crippen LogP) is 5.97. The molecule has 1 aliphatic rings. The Labute approximate surface area is 144 Å². The third kappa shape index (κ3) is 2.73. The summed E-state index contributed by atoms with van der Waals surface area (Å²) in [6, 6.07) is 15.8. The van der Waals surface area contributed by atoms with Crippen molar-refractivity contribution in [2.45, 2.75) is 39.3 Å². The van der Waals surface area contributed by atoms with E-state index in [9.17, 15) is 0 Å². The van der Waals surface area contributed by atoms with Crippen molar-refractivity contribution < 1.29 is 4.48 Å². The molecular formula is C21H25ClN+. The van der Waals surface area contributed by atoms with Gasteiger partial charge in [-0.2, -0.15) is 0 Å². The van der Waals surface area contributed by atoms with Gasteiger partial charge in [-0.3, -0.25) is 4.48 Å². The molecule has 3 atom stereocenters. The Morgan fingerprint density at radius 1 is 1.13 bits per heavy atom. The van der Waals surface area contributed by atoms with Crippen molar-refractivity contribution in [3.05, 3.63) is 75.9 Å². The topological polar surface area (TPSA) is 0 Å². The molecule has 0 radical (unpaired) electrons. The van der Waals surface area contributed by atoms with E-state index in [4.69, 9.17) is 11.6 Å². The fourth-order valence-corrected chi connectivity index (χ4v) is 3.91. The number of fused-ring (bicyclic) bond motifs is 1. The quantitative estimate of drug-likeness (QED) is 0.610. The molecule has 120 valence electrons. The third-order valence-corrected chi connectivity index (χ3v) is 5.75. The standard InChI is InChI=1S/C21H25ClN/c1-5-16(3)23(4)13-12-17-11-10-15(2)14-19(17)21(23)18-8-6-7-9-20(18)22/h6-14,16,21H,5H2,1-4H3/q+1. The maximum Gasteiger partial charge on any atom is 0.147 e. The lowest BCUT2D eigenvalue weighted by Gasteiger charge is -2.46. The molecule has 23 heavy (non-hydrogen) atoms. The molecule has 3 rings (SSSR count). The highest BCUT2D eigenvalue weighted by molar-refractivity contribution is 6.31. The zero-order valence-corrected chi connectivity index (χ0v) is 15.1. The van der Waals surface area contributed by atoms with Gasteiger partial charge in [-0.25, -0.2) is 0 Å². The van der Waals surface area contributed by atoms with Crippen molar-refractivity contribution in [1.82, 2.24) is 0 Å². The number of aryl methyl sites for hydroxylation is 1. The van der Waals surface area contributed by atoms with Gasteiger partial charge in [0.2, 0.25) is 0 Å². The second-order valence-electron chi connectivity index (χ2n) is 6.85. The Morgan fingerprint density at radius 2 is 1.87 bits per heavy atom. The van der Waals surface area contributed by atoms with Gasteiger partial charge in [0.05, 0.1) is 24.3 Å². The van der Waals surface area contributed by atoms with E-state index < -0.39 is 0 Å². The number of nitrogens with zero attached hydrogens (tertiary/aromatic N) is 1. The number of benzene rings is 2. The van der Waals surface area contributed by atoms with Crippen LogP contribution in [0.15, 0.2) is 48.7 Å². The van der Waals surface area contributed by atoms with E-state index >= 15 is 0 Å². The maximum absolute atomic E-state index is 6.60. The van der Waals surface area contributed by atoms with Crippen LogP contribution in [0, 0.1) is 6.92 Å². The van der Waals surface area contributed by atoms with Gasteiger partial charge in [-0.05, 0) is 44.0 Å². The second kappa shape index (κ2) is 6.14. The third-order valence-electron chi connectivity index (χ3n) is 5.41. The number of quaternary nitrogens is 1. The van der Waals surface area contributed by atoms with Crippen molar-refractivity contribution in [3.63, 3.8) is 0 Å². The van der Waals surface area contributed by atoms with E-state index in [1.54, 1.807) is 0 Å². The SMILES string of the molecule is CCC(C)[N+]1(C)C=Cc2ccc(C)cc2C1c1ccccc1Cl. The van der Waals surface area contributed by atoms with Crippen LogP contribution in [0.4, 0.5) is 0 Å². The van der Waals surface area contributed by atoms with E-state index in [1.165, 1.54) is 22.3 Å².